The molecule has 0 bridgehead atoms. The largest absolute Gasteiger partial charge is 0.497 e. The smallest absolute Gasteiger partial charge is 0.325 e. The van der Waals surface area contributed by atoms with E-state index in [0.29, 0.717) is 24.6 Å². The Labute approximate surface area is 216 Å². The van der Waals surface area contributed by atoms with Crippen LogP contribution in [0.25, 0.3) is 0 Å². The molecule has 8 nitrogen and oxygen atoms in total. The van der Waals surface area contributed by atoms with Crippen molar-refractivity contribution in [3.8, 4) is 5.75 Å². The number of hydrogen-bond acceptors (Lipinski definition) is 6. The molecule has 8 heteroatoms. The van der Waals surface area contributed by atoms with Crippen LogP contribution >= 0.6 is 0 Å². The lowest BCUT2D eigenvalue weighted by atomic mass is 10.1. The summed E-state index contributed by atoms with van der Waals surface area (Å²) in [5.41, 5.74) is 3.95. The Bertz CT molecular complexity index is 1260. The molecule has 1 N–H and O–H groups in total. The van der Waals surface area contributed by atoms with Gasteiger partial charge in [-0.3, -0.25) is 14.4 Å². The van der Waals surface area contributed by atoms with Crippen molar-refractivity contribution in [2.45, 2.75) is 20.3 Å². The Morgan fingerprint density at radius 1 is 1.03 bits per heavy atom. The molecular weight excluding hydrogens is 470 g/mol. The maximum absolute atomic E-state index is 13.0. The summed E-state index contributed by atoms with van der Waals surface area (Å²) in [5, 5.41) is 2.93. The van der Waals surface area contributed by atoms with E-state index >= 15 is 0 Å². The van der Waals surface area contributed by atoms with Gasteiger partial charge in [0.05, 0.1) is 25.3 Å². The van der Waals surface area contributed by atoms with Crippen LogP contribution < -0.4 is 19.9 Å². The number of benzene rings is 3. The summed E-state index contributed by atoms with van der Waals surface area (Å²) in [4.78, 5) is 41.5. The number of methoxy groups -OCH3 is 1. The molecular formula is C29H31N3O5. The van der Waals surface area contributed by atoms with Crippen molar-refractivity contribution in [3.05, 3.63) is 78.4 Å². The number of nitrogens with one attached hydrogen (secondary N) is 1. The highest BCUT2D eigenvalue weighted by atomic mass is 16.5. The van der Waals surface area contributed by atoms with Gasteiger partial charge in [-0.1, -0.05) is 24.3 Å². The summed E-state index contributed by atoms with van der Waals surface area (Å²) >= 11 is 0. The lowest BCUT2D eigenvalue weighted by Crippen LogP contribution is -2.28. The number of nitrogens with zero attached hydrogens (tertiary/aromatic N) is 2. The molecule has 3 aromatic carbocycles. The second-order valence-electron chi connectivity index (χ2n) is 8.82. The molecule has 0 aliphatic carbocycles. The maximum atomic E-state index is 13.0. The van der Waals surface area contributed by atoms with Crippen LogP contribution in [0, 0.1) is 12.8 Å². The number of carbonyl (C=O) groups excluding carboxylic acids is 3. The minimum atomic E-state index is -0.470. The van der Waals surface area contributed by atoms with Crippen molar-refractivity contribution < 1.29 is 23.9 Å². The standard InChI is InChI=1S/C29H31N3O5/c1-4-37-28(34)19-31(23-8-6-5-7-9-23)24-13-11-22(12-14-24)30-29(35)21-16-27(33)32(18-21)26-17-25(36-3)15-10-20(26)2/h5-15,17,21H,4,16,18-19H2,1-3H3,(H,30,35). The van der Waals surface area contributed by atoms with E-state index in [1.807, 2.05) is 72.5 Å². The van der Waals surface area contributed by atoms with Gasteiger partial charge in [-0.2, -0.15) is 0 Å². The van der Waals surface area contributed by atoms with Gasteiger partial charge in [-0.15, -0.1) is 0 Å². The maximum Gasteiger partial charge on any atom is 0.325 e. The van der Waals surface area contributed by atoms with Crippen molar-refractivity contribution in [1.82, 2.24) is 0 Å². The summed E-state index contributed by atoms with van der Waals surface area (Å²) < 4.78 is 10.4. The van der Waals surface area contributed by atoms with Gasteiger partial charge in [0.1, 0.15) is 12.3 Å². The second-order valence-corrected chi connectivity index (χ2v) is 8.82. The van der Waals surface area contributed by atoms with Gasteiger partial charge in [-0.25, -0.2) is 0 Å². The number of aryl methyl sites for hydroxylation is 1. The zero-order chi connectivity index (χ0) is 26.4. The Hall–Kier alpha value is -4.33. The molecule has 1 aliphatic heterocycles. The van der Waals surface area contributed by atoms with Gasteiger partial charge < -0.3 is 24.6 Å². The Balaban J connectivity index is 1.45. The molecule has 2 amide bonds. The van der Waals surface area contributed by atoms with Gasteiger partial charge in [0.25, 0.3) is 0 Å². The van der Waals surface area contributed by atoms with Crippen molar-refractivity contribution in [2.75, 3.05) is 41.9 Å². The highest BCUT2D eigenvalue weighted by Gasteiger charge is 2.36. The van der Waals surface area contributed by atoms with Crippen LogP contribution in [-0.2, 0) is 19.1 Å². The first-order chi connectivity index (χ1) is 17.9. The molecule has 0 saturated carbocycles. The Morgan fingerprint density at radius 3 is 2.41 bits per heavy atom. The van der Waals surface area contributed by atoms with E-state index in [4.69, 9.17) is 9.47 Å². The zero-order valence-corrected chi connectivity index (χ0v) is 21.3. The second kappa shape index (κ2) is 11.6. The fraction of sp³-hybridized carbons (Fsp3) is 0.276. The van der Waals surface area contributed by atoms with E-state index < -0.39 is 5.92 Å². The quantitative estimate of drug-likeness (QED) is 0.428. The molecule has 37 heavy (non-hydrogen) atoms. The third kappa shape index (κ3) is 6.09. The van der Waals surface area contributed by atoms with Crippen LogP contribution in [0.5, 0.6) is 5.75 Å². The van der Waals surface area contributed by atoms with Gasteiger partial charge in [0, 0.05) is 36.1 Å². The minimum absolute atomic E-state index is 0.0628. The number of ether oxygens (including phenoxy) is 2. The van der Waals surface area contributed by atoms with E-state index in [2.05, 4.69) is 5.32 Å². The summed E-state index contributed by atoms with van der Waals surface area (Å²) in [7, 11) is 1.58. The molecule has 192 valence electrons. The molecule has 1 aliphatic rings. The van der Waals surface area contributed by atoms with E-state index in [-0.39, 0.29) is 30.7 Å². The van der Waals surface area contributed by atoms with Crippen LogP contribution in [0.3, 0.4) is 0 Å². The Kier molecular flexibility index (Phi) is 8.08. The third-order valence-corrected chi connectivity index (χ3v) is 6.31. The van der Waals surface area contributed by atoms with Gasteiger partial charge >= 0.3 is 5.97 Å². The average molecular weight is 502 g/mol. The number of amides is 2. The topological polar surface area (TPSA) is 88.2 Å². The van der Waals surface area contributed by atoms with Gasteiger partial charge in [-0.05, 0) is 61.9 Å². The highest BCUT2D eigenvalue weighted by Crippen LogP contribution is 2.32. The van der Waals surface area contributed by atoms with E-state index in [1.54, 1.807) is 31.1 Å². The molecule has 1 atom stereocenters. The van der Waals surface area contributed by atoms with Crippen LogP contribution in [-0.4, -0.2) is 44.6 Å². The first kappa shape index (κ1) is 25.8. The SMILES string of the molecule is CCOC(=O)CN(c1ccccc1)c1ccc(NC(=O)C2CC(=O)N(c3cc(OC)ccc3C)C2)cc1. The predicted octanol–water partition coefficient (Wildman–Crippen LogP) is 4.70. The zero-order valence-electron chi connectivity index (χ0n) is 21.3. The van der Waals surface area contributed by atoms with Crippen LogP contribution in [0.2, 0.25) is 0 Å². The Morgan fingerprint density at radius 2 is 1.73 bits per heavy atom. The summed E-state index contributed by atoms with van der Waals surface area (Å²) in [6, 6.07) is 22.4. The number of rotatable bonds is 9. The van der Waals surface area contributed by atoms with E-state index in [9.17, 15) is 14.4 Å². The lowest BCUT2D eigenvalue weighted by Gasteiger charge is -2.24. The summed E-state index contributed by atoms with van der Waals surface area (Å²) in [6.45, 7) is 4.38. The first-order valence-corrected chi connectivity index (χ1v) is 12.2. The van der Waals surface area contributed by atoms with Crippen molar-refractivity contribution in [1.29, 1.82) is 0 Å². The monoisotopic (exact) mass is 501 g/mol. The van der Waals surface area contributed by atoms with E-state index in [0.717, 1.165) is 22.6 Å². The highest BCUT2D eigenvalue weighted by molar-refractivity contribution is 6.04. The third-order valence-electron chi connectivity index (χ3n) is 6.31. The predicted molar refractivity (Wildman–Crippen MR) is 143 cm³/mol. The van der Waals surface area contributed by atoms with Gasteiger partial charge in [0.2, 0.25) is 11.8 Å². The molecule has 1 heterocycles. The van der Waals surface area contributed by atoms with E-state index in [1.165, 1.54) is 0 Å². The first-order valence-electron chi connectivity index (χ1n) is 12.2. The minimum Gasteiger partial charge on any atom is -0.497 e. The van der Waals surface area contributed by atoms with Crippen molar-refractivity contribution >= 4 is 40.5 Å². The number of esters is 1. The molecule has 0 aromatic heterocycles. The fourth-order valence-corrected chi connectivity index (χ4v) is 4.37. The lowest BCUT2D eigenvalue weighted by molar-refractivity contribution is -0.141. The molecule has 0 spiro atoms. The fourth-order valence-electron chi connectivity index (χ4n) is 4.37. The number of carbonyl (C=O) groups is 3. The molecule has 4 rings (SSSR count). The summed E-state index contributed by atoms with van der Waals surface area (Å²) in [5.74, 6) is -0.443. The average Bonchev–Trinajstić information content (AvgIpc) is 3.30. The van der Waals surface area contributed by atoms with Gasteiger partial charge in [0.15, 0.2) is 0 Å². The molecule has 3 aromatic rings. The molecule has 1 saturated heterocycles. The molecule has 0 radical (unpaired) electrons. The summed E-state index contributed by atoms with van der Waals surface area (Å²) in [6.07, 6.45) is 0.141. The number of hydrogen-bond donors (Lipinski definition) is 1. The van der Waals surface area contributed by atoms with Crippen LogP contribution in [0.1, 0.15) is 18.9 Å². The number of anilines is 4. The normalized spacial score (nSPS) is 14.8. The molecule has 1 unspecified atom stereocenters. The van der Waals surface area contributed by atoms with Crippen molar-refractivity contribution in [2.24, 2.45) is 5.92 Å². The van der Waals surface area contributed by atoms with Crippen LogP contribution in [0.4, 0.5) is 22.7 Å². The number of para-hydroxylation sites is 1. The van der Waals surface area contributed by atoms with Crippen molar-refractivity contribution in [3.63, 3.8) is 0 Å². The van der Waals surface area contributed by atoms with Crippen LogP contribution in [0.15, 0.2) is 72.8 Å². The molecule has 1 fully saturated rings.